The Morgan fingerprint density at radius 2 is 1.87 bits per heavy atom. The summed E-state index contributed by atoms with van der Waals surface area (Å²) in [5.41, 5.74) is 1.16. The number of hydrogen-bond acceptors (Lipinski definition) is 3. The van der Waals surface area contributed by atoms with E-state index in [-0.39, 0.29) is 6.03 Å². The summed E-state index contributed by atoms with van der Waals surface area (Å²) in [4.78, 5) is 11.8. The summed E-state index contributed by atoms with van der Waals surface area (Å²) in [6, 6.07) is 7.43. The summed E-state index contributed by atoms with van der Waals surface area (Å²) in [5, 5.41) is 15.5. The molecule has 0 atom stereocenters. The Morgan fingerprint density at radius 3 is 2.48 bits per heavy atom. The van der Waals surface area contributed by atoms with Crippen molar-refractivity contribution >= 4 is 11.7 Å². The molecule has 1 aromatic carbocycles. The molecule has 2 aliphatic rings. The molecule has 0 radical (unpaired) electrons. The van der Waals surface area contributed by atoms with Crippen LogP contribution >= 0.6 is 0 Å². The molecular formula is C18H26N2O3. The maximum absolute atomic E-state index is 11.8. The fourth-order valence-corrected chi connectivity index (χ4v) is 3.14. The number of amides is 2. The Balaban J connectivity index is 1.40. The van der Waals surface area contributed by atoms with Crippen LogP contribution in [0.1, 0.15) is 50.5 Å². The molecule has 126 valence electrons. The molecule has 0 heterocycles. The van der Waals surface area contributed by atoms with Crippen molar-refractivity contribution in [2.75, 3.05) is 11.9 Å². The van der Waals surface area contributed by atoms with Crippen molar-refractivity contribution < 1.29 is 14.6 Å². The number of ether oxygens (including phenoxy) is 1. The van der Waals surface area contributed by atoms with Crippen molar-refractivity contribution in [2.45, 2.75) is 63.3 Å². The number of urea groups is 1. The van der Waals surface area contributed by atoms with Crippen LogP contribution in [-0.4, -0.2) is 29.4 Å². The average molecular weight is 318 g/mol. The Hall–Kier alpha value is -1.59. The quantitative estimate of drug-likeness (QED) is 0.754. The maximum Gasteiger partial charge on any atom is 0.319 e. The summed E-state index contributed by atoms with van der Waals surface area (Å²) in [5.74, 6) is 0. The third-order valence-electron chi connectivity index (χ3n) is 4.86. The van der Waals surface area contributed by atoms with Crippen molar-refractivity contribution in [1.29, 1.82) is 0 Å². The van der Waals surface area contributed by atoms with Crippen LogP contribution in [0.3, 0.4) is 0 Å². The van der Waals surface area contributed by atoms with E-state index in [0.717, 1.165) is 30.5 Å². The zero-order valence-corrected chi connectivity index (χ0v) is 13.5. The predicted molar refractivity (Wildman–Crippen MR) is 89.3 cm³/mol. The lowest BCUT2D eigenvalue weighted by Gasteiger charge is -2.36. The standard InChI is InChI=1S/C18H26N2O3/c21-17(19-13-18(22)10-3-11-18)20-15-8-6-14(7-9-15)12-23-16-4-1-2-5-16/h6-9,16,22H,1-5,10-13H2,(H2,19,20,21). The molecule has 2 aliphatic carbocycles. The first-order valence-corrected chi connectivity index (χ1v) is 8.61. The molecule has 1 aromatic rings. The predicted octanol–water partition coefficient (Wildman–Crippen LogP) is 3.18. The van der Waals surface area contributed by atoms with E-state index >= 15 is 0 Å². The van der Waals surface area contributed by atoms with E-state index in [0.29, 0.717) is 19.3 Å². The third kappa shape index (κ3) is 4.69. The highest BCUT2D eigenvalue weighted by Gasteiger charge is 2.34. The van der Waals surface area contributed by atoms with Crippen molar-refractivity contribution in [2.24, 2.45) is 0 Å². The van der Waals surface area contributed by atoms with E-state index in [1.165, 1.54) is 25.7 Å². The lowest BCUT2D eigenvalue weighted by Crippen LogP contribution is -2.48. The third-order valence-corrected chi connectivity index (χ3v) is 4.86. The molecule has 2 fully saturated rings. The number of carbonyl (C=O) groups is 1. The topological polar surface area (TPSA) is 70.6 Å². The van der Waals surface area contributed by atoms with Crippen LogP contribution in [0.5, 0.6) is 0 Å². The van der Waals surface area contributed by atoms with Crippen LogP contribution < -0.4 is 10.6 Å². The van der Waals surface area contributed by atoms with Crippen LogP contribution in [0, 0.1) is 0 Å². The average Bonchev–Trinajstić information content (AvgIpc) is 3.04. The number of hydrogen-bond donors (Lipinski definition) is 3. The van der Waals surface area contributed by atoms with E-state index in [1.54, 1.807) is 0 Å². The highest BCUT2D eigenvalue weighted by atomic mass is 16.5. The number of rotatable bonds is 6. The van der Waals surface area contributed by atoms with E-state index in [1.807, 2.05) is 24.3 Å². The summed E-state index contributed by atoms with van der Waals surface area (Å²) < 4.78 is 5.88. The molecule has 2 amide bonds. The summed E-state index contributed by atoms with van der Waals surface area (Å²) >= 11 is 0. The van der Waals surface area contributed by atoms with Gasteiger partial charge in [-0.1, -0.05) is 25.0 Å². The van der Waals surface area contributed by atoms with Gasteiger partial charge in [-0.15, -0.1) is 0 Å². The number of nitrogens with one attached hydrogen (secondary N) is 2. The molecule has 0 aromatic heterocycles. The summed E-state index contributed by atoms with van der Waals surface area (Å²) in [7, 11) is 0. The zero-order valence-electron chi connectivity index (χ0n) is 13.5. The van der Waals surface area contributed by atoms with Gasteiger partial charge in [0.15, 0.2) is 0 Å². The molecule has 3 N–H and O–H groups in total. The Labute approximate surface area is 137 Å². The summed E-state index contributed by atoms with van der Waals surface area (Å²) in [6.45, 7) is 0.941. The highest BCUT2D eigenvalue weighted by Crippen LogP contribution is 2.30. The number of carbonyl (C=O) groups excluding carboxylic acids is 1. The first-order valence-electron chi connectivity index (χ1n) is 8.61. The number of anilines is 1. The maximum atomic E-state index is 11.8. The van der Waals surface area contributed by atoms with Gasteiger partial charge in [0.2, 0.25) is 0 Å². The molecule has 0 spiro atoms. The van der Waals surface area contributed by atoms with Gasteiger partial charge < -0.3 is 20.5 Å². The smallest absolute Gasteiger partial charge is 0.319 e. The van der Waals surface area contributed by atoms with Gasteiger partial charge in [0.25, 0.3) is 0 Å². The minimum atomic E-state index is -0.696. The van der Waals surface area contributed by atoms with Gasteiger partial charge >= 0.3 is 6.03 Å². The molecule has 0 bridgehead atoms. The molecular weight excluding hydrogens is 292 g/mol. The minimum absolute atomic E-state index is 0.278. The second-order valence-electron chi connectivity index (χ2n) is 6.80. The summed E-state index contributed by atoms with van der Waals surface area (Å²) in [6.07, 6.45) is 7.88. The first kappa shape index (κ1) is 16.3. The molecule has 23 heavy (non-hydrogen) atoms. The zero-order chi connectivity index (χ0) is 16.1. The van der Waals surface area contributed by atoms with Crippen molar-refractivity contribution in [3.05, 3.63) is 29.8 Å². The monoisotopic (exact) mass is 318 g/mol. The fourth-order valence-electron chi connectivity index (χ4n) is 3.14. The second kappa shape index (κ2) is 7.32. The lowest BCUT2D eigenvalue weighted by atomic mass is 9.80. The fraction of sp³-hybridized carbons (Fsp3) is 0.611. The van der Waals surface area contributed by atoms with E-state index in [2.05, 4.69) is 10.6 Å². The van der Waals surface area contributed by atoms with Crippen LogP contribution in [0.4, 0.5) is 10.5 Å². The van der Waals surface area contributed by atoms with Crippen LogP contribution in [0.25, 0.3) is 0 Å². The van der Waals surface area contributed by atoms with Gasteiger partial charge in [-0.3, -0.25) is 0 Å². The molecule has 2 saturated carbocycles. The van der Waals surface area contributed by atoms with Crippen LogP contribution in [-0.2, 0) is 11.3 Å². The van der Waals surface area contributed by atoms with Crippen molar-refractivity contribution in [3.63, 3.8) is 0 Å². The molecule has 0 aliphatic heterocycles. The molecule has 5 nitrogen and oxygen atoms in total. The van der Waals surface area contributed by atoms with Gasteiger partial charge in [-0.2, -0.15) is 0 Å². The Morgan fingerprint density at radius 1 is 1.17 bits per heavy atom. The first-order chi connectivity index (χ1) is 11.1. The largest absolute Gasteiger partial charge is 0.388 e. The normalized spacial score (nSPS) is 20.0. The van der Waals surface area contributed by atoms with E-state index < -0.39 is 5.60 Å². The minimum Gasteiger partial charge on any atom is -0.388 e. The van der Waals surface area contributed by atoms with Crippen LogP contribution in [0.15, 0.2) is 24.3 Å². The molecule has 3 rings (SSSR count). The second-order valence-corrected chi connectivity index (χ2v) is 6.80. The Bertz CT molecular complexity index is 520. The number of benzene rings is 1. The van der Waals surface area contributed by atoms with Gasteiger partial charge in [0.1, 0.15) is 0 Å². The van der Waals surface area contributed by atoms with Gasteiger partial charge in [-0.25, -0.2) is 4.79 Å². The van der Waals surface area contributed by atoms with Gasteiger partial charge in [-0.05, 0) is 49.8 Å². The Kier molecular flexibility index (Phi) is 5.18. The van der Waals surface area contributed by atoms with Crippen molar-refractivity contribution in [1.82, 2.24) is 5.32 Å². The highest BCUT2D eigenvalue weighted by molar-refractivity contribution is 5.89. The van der Waals surface area contributed by atoms with Gasteiger partial charge in [0, 0.05) is 12.2 Å². The molecule has 5 heteroatoms. The van der Waals surface area contributed by atoms with E-state index in [9.17, 15) is 9.90 Å². The molecule has 0 saturated heterocycles. The van der Waals surface area contributed by atoms with Crippen molar-refractivity contribution in [3.8, 4) is 0 Å². The number of aliphatic hydroxyl groups is 1. The van der Waals surface area contributed by atoms with Crippen LogP contribution in [0.2, 0.25) is 0 Å². The van der Waals surface area contributed by atoms with E-state index in [4.69, 9.17) is 4.74 Å². The SMILES string of the molecule is O=C(NCC1(O)CCC1)Nc1ccc(COC2CCCC2)cc1. The van der Waals surface area contributed by atoms with Gasteiger partial charge in [0.05, 0.1) is 18.3 Å². The molecule has 0 unspecified atom stereocenters. The lowest BCUT2D eigenvalue weighted by molar-refractivity contribution is -0.0287.